The normalized spacial score (nSPS) is 11.1. The second-order valence-electron chi connectivity index (χ2n) is 6.35. The number of anilines is 1. The van der Waals surface area contributed by atoms with Gasteiger partial charge in [0.05, 0.1) is 16.8 Å². The highest BCUT2D eigenvalue weighted by molar-refractivity contribution is 7.99. The summed E-state index contributed by atoms with van der Waals surface area (Å²) in [6.45, 7) is 6.62. The smallest absolute Gasteiger partial charge is 0.263 e. The summed E-state index contributed by atoms with van der Waals surface area (Å²) >= 11 is 8.75. The molecule has 0 spiro atoms. The van der Waals surface area contributed by atoms with Gasteiger partial charge in [-0.3, -0.25) is 14.2 Å². The zero-order chi connectivity index (χ0) is 20.3. The van der Waals surface area contributed by atoms with Crippen LogP contribution in [0.1, 0.15) is 30.2 Å². The lowest BCUT2D eigenvalue weighted by Gasteiger charge is -2.12. The average molecular weight is 437 g/mol. The van der Waals surface area contributed by atoms with Gasteiger partial charge in [-0.1, -0.05) is 36.7 Å². The van der Waals surface area contributed by atoms with Gasteiger partial charge >= 0.3 is 0 Å². The molecule has 0 fully saturated rings. The van der Waals surface area contributed by atoms with Crippen molar-refractivity contribution in [1.29, 1.82) is 0 Å². The van der Waals surface area contributed by atoms with Crippen molar-refractivity contribution >= 4 is 56.5 Å². The fourth-order valence-electron chi connectivity index (χ4n) is 2.73. The molecule has 28 heavy (non-hydrogen) atoms. The molecule has 1 amide bonds. The highest BCUT2D eigenvalue weighted by Crippen LogP contribution is 2.28. The van der Waals surface area contributed by atoms with Gasteiger partial charge in [0.25, 0.3) is 5.56 Å². The summed E-state index contributed by atoms with van der Waals surface area (Å²) < 4.78 is 1.69. The van der Waals surface area contributed by atoms with E-state index in [0.717, 1.165) is 28.1 Å². The number of aryl methyl sites for hydroxylation is 2. The second-order valence-corrected chi connectivity index (χ2v) is 8.85. The number of halogens is 1. The van der Waals surface area contributed by atoms with Crippen molar-refractivity contribution in [2.75, 3.05) is 11.1 Å². The third-order valence-electron chi connectivity index (χ3n) is 4.35. The number of carbonyl (C=O) groups excluding carboxylic acids is 1. The van der Waals surface area contributed by atoms with Crippen molar-refractivity contribution in [2.24, 2.45) is 0 Å². The minimum Gasteiger partial charge on any atom is -0.323 e. The molecule has 148 valence electrons. The molecule has 0 aliphatic heterocycles. The SMILES string of the molecule is CCCCn1c(SCC(=O)Nc2cccnc2Cl)nc2sc(C)c(C)c2c1=O. The number of nitrogens with zero attached hydrogens (tertiary/aromatic N) is 3. The first-order valence-electron chi connectivity index (χ1n) is 8.96. The number of thioether (sulfide) groups is 1. The van der Waals surface area contributed by atoms with Gasteiger partial charge in [0.1, 0.15) is 4.83 Å². The van der Waals surface area contributed by atoms with Gasteiger partial charge in [-0.15, -0.1) is 11.3 Å². The van der Waals surface area contributed by atoms with Gasteiger partial charge in [-0.2, -0.15) is 0 Å². The third kappa shape index (κ3) is 4.39. The maximum Gasteiger partial charge on any atom is 0.263 e. The molecule has 0 unspecified atom stereocenters. The van der Waals surface area contributed by atoms with Crippen LogP contribution in [0.25, 0.3) is 10.2 Å². The van der Waals surface area contributed by atoms with Crippen molar-refractivity contribution < 1.29 is 4.79 Å². The van der Waals surface area contributed by atoms with Crippen LogP contribution in [0, 0.1) is 13.8 Å². The van der Waals surface area contributed by atoms with E-state index in [1.165, 1.54) is 23.1 Å². The average Bonchev–Trinajstić information content (AvgIpc) is 2.95. The predicted octanol–water partition coefficient (Wildman–Crippen LogP) is 4.65. The van der Waals surface area contributed by atoms with Crippen LogP contribution in [0.3, 0.4) is 0 Å². The number of amides is 1. The van der Waals surface area contributed by atoms with Gasteiger partial charge in [0.15, 0.2) is 10.3 Å². The lowest BCUT2D eigenvalue weighted by atomic mass is 10.2. The van der Waals surface area contributed by atoms with Crippen LogP contribution < -0.4 is 10.9 Å². The Kier molecular flexibility index (Phi) is 6.74. The summed E-state index contributed by atoms with van der Waals surface area (Å²) in [5, 5.41) is 4.24. The fraction of sp³-hybridized carbons (Fsp3) is 0.368. The van der Waals surface area contributed by atoms with Crippen molar-refractivity contribution in [1.82, 2.24) is 14.5 Å². The summed E-state index contributed by atoms with van der Waals surface area (Å²) in [6.07, 6.45) is 3.40. The molecular weight excluding hydrogens is 416 g/mol. The number of thiophene rings is 1. The molecule has 0 saturated heterocycles. The monoisotopic (exact) mass is 436 g/mol. The molecule has 0 saturated carbocycles. The van der Waals surface area contributed by atoms with Crippen LogP contribution in [0.15, 0.2) is 28.3 Å². The first-order valence-corrected chi connectivity index (χ1v) is 11.1. The van der Waals surface area contributed by atoms with E-state index in [-0.39, 0.29) is 22.4 Å². The molecule has 0 atom stereocenters. The van der Waals surface area contributed by atoms with E-state index in [4.69, 9.17) is 16.6 Å². The van der Waals surface area contributed by atoms with Crippen molar-refractivity contribution in [3.63, 3.8) is 0 Å². The quantitative estimate of drug-likeness (QED) is 0.331. The van der Waals surface area contributed by atoms with Crippen LogP contribution in [0.4, 0.5) is 5.69 Å². The number of rotatable bonds is 7. The van der Waals surface area contributed by atoms with Crippen LogP contribution >= 0.6 is 34.7 Å². The number of hydrogen-bond donors (Lipinski definition) is 1. The Bertz CT molecular complexity index is 1080. The topological polar surface area (TPSA) is 76.9 Å². The highest BCUT2D eigenvalue weighted by atomic mass is 35.5. The Labute approximate surface area is 176 Å². The number of hydrogen-bond acceptors (Lipinski definition) is 6. The Morgan fingerprint density at radius 2 is 2.18 bits per heavy atom. The predicted molar refractivity (Wildman–Crippen MR) is 117 cm³/mol. The maximum absolute atomic E-state index is 13.1. The van der Waals surface area contributed by atoms with E-state index in [1.807, 2.05) is 13.8 Å². The van der Waals surface area contributed by atoms with Gasteiger partial charge in [0, 0.05) is 17.6 Å². The Hall–Kier alpha value is -1.90. The molecule has 0 bridgehead atoms. The first-order chi connectivity index (χ1) is 13.4. The van der Waals surface area contributed by atoms with E-state index in [2.05, 4.69) is 17.2 Å². The molecule has 0 aliphatic carbocycles. The molecule has 3 aromatic heterocycles. The maximum atomic E-state index is 13.1. The number of carbonyl (C=O) groups is 1. The summed E-state index contributed by atoms with van der Waals surface area (Å²) in [7, 11) is 0. The first kappa shape index (κ1) is 20.8. The molecule has 0 radical (unpaired) electrons. The molecule has 3 heterocycles. The Morgan fingerprint density at radius 1 is 1.39 bits per heavy atom. The molecule has 3 aromatic rings. The zero-order valence-corrected chi connectivity index (χ0v) is 18.3. The summed E-state index contributed by atoms with van der Waals surface area (Å²) in [4.78, 5) is 35.9. The van der Waals surface area contributed by atoms with Gasteiger partial charge in [-0.25, -0.2) is 9.97 Å². The van der Waals surface area contributed by atoms with E-state index in [0.29, 0.717) is 22.8 Å². The zero-order valence-electron chi connectivity index (χ0n) is 15.9. The van der Waals surface area contributed by atoms with Crippen LogP contribution in [0.5, 0.6) is 0 Å². The van der Waals surface area contributed by atoms with Crippen LogP contribution in [-0.2, 0) is 11.3 Å². The van der Waals surface area contributed by atoms with Crippen LogP contribution in [0.2, 0.25) is 5.15 Å². The number of nitrogens with one attached hydrogen (secondary N) is 1. The molecule has 9 heteroatoms. The summed E-state index contributed by atoms with van der Waals surface area (Å²) in [5.41, 5.74) is 1.42. The van der Waals surface area contributed by atoms with E-state index in [9.17, 15) is 9.59 Å². The molecule has 1 N–H and O–H groups in total. The largest absolute Gasteiger partial charge is 0.323 e. The van der Waals surface area contributed by atoms with E-state index >= 15 is 0 Å². The van der Waals surface area contributed by atoms with Gasteiger partial charge in [-0.05, 0) is 38.0 Å². The number of fused-ring (bicyclic) bond motifs is 1. The molecule has 6 nitrogen and oxygen atoms in total. The molecular formula is C19H21ClN4O2S2. The van der Waals surface area contributed by atoms with Gasteiger partial charge in [0.2, 0.25) is 5.91 Å². The Balaban J connectivity index is 1.86. The van der Waals surface area contributed by atoms with Crippen molar-refractivity contribution in [3.05, 3.63) is 44.3 Å². The molecule has 3 rings (SSSR count). The fourth-order valence-corrected chi connectivity index (χ4v) is 4.79. The molecule has 0 aromatic carbocycles. The van der Waals surface area contributed by atoms with E-state index in [1.54, 1.807) is 22.9 Å². The molecule has 0 aliphatic rings. The van der Waals surface area contributed by atoms with Crippen LogP contribution in [-0.4, -0.2) is 26.2 Å². The Morgan fingerprint density at radius 3 is 2.89 bits per heavy atom. The summed E-state index contributed by atoms with van der Waals surface area (Å²) in [5.74, 6) is -0.103. The summed E-state index contributed by atoms with van der Waals surface area (Å²) in [6, 6.07) is 3.39. The number of pyridine rings is 1. The second kappa shape index (κ2) is 9.07. The van der Waals surface area contributed by atoms with Crippen molar-refractivity contribution in [2.45, 2.75) is 45.3 Å². The standard InChI is InChI=1S/C19H21ClN4O2S2/c1-4-5-9-24-18(26)15-11(2)12(3)28-17(15)23-19(24)27-10-14(25)22-13-7-6-8-21-16(13)20/h6-8H,4-5,9-10H2,1-3H3,(H,22,25). The van der Waals surface area contributed by atoms with E-state index < -0.39 is 0 Å². The lowest BCUT2D eigenvalue weighted by Crippen LogP contribution is -2.24. The minimum atomic E-state index is -0.227. The highest BCUT2D eigenvalue weighted by Gasteiger charge is 2.17. The van der Waals surface area contributed by atoms with Gasteiger partial charge < -0.3 is 5.32 Å². The number of aromatic nitrogens is 3. The van der Waals surface area contributed by atoms with Crippen molar-refractivity contribution in [3.8, 4) is 0 Å². The number of unbranched alkanes of at least 4 members (excludes halogenated alkanes) is 1. The lowest BCUT2D eigenvalue weighted by molar-refractivity contribution is -0.113. The third-order valence-corrected chi connectivity index (χ3v) is 6.73. The minimum absolute atomic E-state index is 0.0292.